The number of aliphatic hydroxyl groups is 1. The van der Waals surface area contributed by atoms with Gasteiger partial charge in [0.15, 0.2) is 0 Å². The van der Waals surface area contributed by atoms with Crippen molar-refractivity contribution in [1.29, 1.82) is 0 Å². The second kappa shape index (κ2) is 6.58. The summed E-state index contributed by atoms with van der Waals surface area (Å²) in [5.41, 5.74) is -0.0830. The molecule has 96 valence electrons. The van der Waals surface area contributed by atoms with Crippen molar-refractivity contribution in [2.24, 2.45) is 0 Å². The van der Waals surface area contributed by atoms with Crippen LogP contribution in [0.3, 0.4) is 0 Å². The first-order valence-electron chi connectivity index (χ1n) is 6.61. The third-order valence-electron chi connectivity index (χ3n) is 4.13. The smallest absolute Gasteiger partial charge is 0.0613 e. The van der Waals surface area contributed by atoms with Crippen molar-refractivity contribution < 1.29 is 9.84 Å². The first-order chi connectivity index (χ1) is 7.69. The number of hydrogen-bond donors (Lipinski definition) is 2. The Kier molecular flexibility index (Phi) is 5.73. The third-order valence-corrected chi connectivity index (χ3v) is 4.13. The third kappa shape index (κ3) is 3.44. The number of methoxy groups -OCH3 is 1. The molecule has 1 rings (SSSR count). The Morgan fingerprint density at radius 2 is 2.00 bits per heavy atom. The zero-order chi connectivity index (χ0) is 12.0. The zero-order valence-corrected chi connectivity index (χ0v) is 11.0. The van der Waals surface area contributed by atoms with E-state index in [1.165, 1.54) is 19.3 Å². The molecular weight excluding hydrogens is 202 g/mol. The number of nitrogens with one attached hydrogen (secondary N) is 1. The van der Waals surface area contributed by atoms with Crippen LogP contribution in [-0.2, 0) is 4.74 Å². The van der Waals surface area contributed by atoms with Gasteiger partial charge in [0.05, 0.1) is 12.7 Å². The van der Waals surface area contributed by atoms with Crippen molar-refractivity contribution in [2.75, 3.05) is 13.7 Å². The SMILES string of the molecule is CCC(CC)(CO)NC1CCCC(OC)C1. The van der Waals surface area contributed by atoms with E-state index in [0.717, 1.165) is 19.3 Å². The van der Waals surface area contributed by atoms with Crippen molar-refractivity contribution in [3.8, 4) is 0 Å². The Labute approximate surface area is 99.6 Å². The maximum Gasteiger partial charge on any atom is 0.0613 e. The van der Waals surface area contributed by atoms with Crippen LogP contribution in [0.4, 0.5) is 0 Å². The summed E-state index contributed by atoms with van der Waals surface area (Å²) in [7, 11) is 1.80. The Hall–Kier alpha value is -0.120. The van der Waals surface area contributed by atoms with E-state index in [2.05, 4.69) is 19.2 Å². The van der Waals surface area contributed by atoms with E-state index >= 15 is 0 Å². The Morgan fingerprint density at radius 3 is 2.50 bits per heavy atom. The van der Waals surface area contributed by atoms with Crippen LogP contribution in [0.15, 0.2) is 0 Å². The van der Waals surface area contributed by atoms with Gasteiger partial charge >= 0.3 is 0 Å². The summed E-state index contributed by atoms with van der Waals surface area (Å²) in [6, 6.07) is 0.505. The molecule has 2 unspecified atom stereocenters. The molecule has 0 spiro atoms. The summed E-state index contributed by atoms with van der Waals surface area (Å²) in [5, 5.41) is 13.2. The molecule has 0 aromatic heterocycles. The van der Waals surface area contributed by atoms with Crippen molar-refractivity contribution in [3.05, 3.63) is 0 Å². The van der Waals surface area contributed by atoms with Gasteiger partial charge in [0.2, 0.25) is 0 Å². The lowest BCUT2D eigenvalue weighted by Gasteiger charge is -2.38. The minimum atomic E-state index is -0.0830. The summed E-state index contributed by atoms with van der Waals surface area (Å²) < 4.78 is 5.43. The molecule has 0 heterocycles. The quantitative estimate of drug-likeness (QED) is 0.733. The number of rotatable bonds is 6. The highest BCUT2D eigenvalue weighted by atomic mass is 16.5. The average molecular weight is 229 g/mol. The first kappa shape index (κ1) is 13.9. The summed E-state index contributed by atoms with van der Waals surface area (Å²) >= 11 is 0. The lowest BCUT2D eigenvalue weighted by molar-refractivity contribution is 0.0446. The van der Waals surface area contributed by atoms with Crippen molar-refractivity contribution in [1.82, 2.24) is 5.32 Å². The van der Waals surface area contributed by atoms with E-state index in [-0.39, 0.29) is 12.1 Å². The molecular formula is C13H27NO2. The highest BCUT2D eigenvalue weighted by Crippen LogP contribution is 2.24. The van der Waals surface area contributed by atoms with E-state index in [0.29, 0.717) is 12.1 Å². The van der Waals surface area contributed by atoms with Gasteiger partial charge in [-0.2, -0.15) is 0 Å². The molecule has 0 saturated heterocycles. The molecule has 0 aromatic carbocycles. The van der Waals surface area contributed by atoms with E-state index in [4.69, 9.17) is 4.74 Å². The Morgan fingerprint density at radius 1 is 1.31 bits per heavy atom. The molecule has 1 aliphatic rings. The number of aliphatic hydroxyl groups excluding tert-OH is 1. The van der Waals surface area contributed by atoms with E-state index < -0.39 is 0 Å². The maximum absolute atomic E-state index is 9.54. The number of hydrogen-bond acceptors (Lipinski definition) is 3. The zero-order valence-electron chi connectivity index (χ0n) is 11.0. The summed E-state index contributed by atoms with van der Waals surface area (Å²) in [4.78, 5) is 0. The van der Waals surface area contributed by atoms with Gasteiger partial charge in [0, 0.05) is 18.7 Å². The second-order valence-corrected chi connectivity index (χ2v) is 5.01. The molecule has 3 nitrogen and oxygen atoms in total. The average Bonchev–Trinajstić information content (AvgIpc) is 2.36. The molecule has 0 aliphatic heterocycles. The van der Waals surface area contributed by atoms with Crippen LogP contribution >= 0.6 is 0 Å². The molecule has 1 fully saturated rings. The molecule has 0 amide bonds. The molecule has 0 radical (unpaired) electrons. The predicted octanol–water partition coefficient (Wildman–Crippen LogP) is 2.08. The Balaban J connectivity index is 2.50. The van der Waals surface area contributed by atoms with Crippen LogP contribution in [0, 0.1) is 0 Å². The molecule has 16 heavy (non-hydrogen) atoms. The molecule has 2 atom stereocenters. The normalized spacial score (nSPS) is 27.0. The molecule has 0 aromatic rings. The lowest BCUT2D eigenvalue weighted by Crippen LogP contribution is -2.54. The Bertz CT molecular complexity index is 184. The van der Waals surface area contributed by atoms with Gasteiger partial charge in [0.1, 0.15) is 0 Å². The molecule has 0 bridgehead atoms. The molecule has 1 aliphatic carbocycles. The number of ether oxygens (including phenoxy) is 1. The molecule has 1 saturated carbocycles. The molecule has 2 N–H and O–H groups in total. The fourth-order valence-corrected chi connectivity index (χ4v) is 2.65. The van der Waals surface area contributed by atoms with Gasteiger partial charge in [-0.25, -0.2) is 0 Å². The van der Waals surface area contributed by atoms with Gasteiger partial charge < -0.3 is 15.2 Å². The second-order valence-electron chi connectivity index (χ2n) is 5.01. The van der Waals surface area contributed by atoms with Gasteiger partial charge in [-0.05, 0) is 38.5 Å². The monoisotopic (exact) mass is 229 g/mol. The largest absolute Gasteiger partial charge is 0.394 e. The highest BCUT2D eigenvalue weighted by Gasteiger charge is 2.30. The molecule has 3 heteroatoms. The van der Waals surface area contributed by atoms with Crippen molar-refractivity contribution >= 4 is 0 Å². The standard InChI is InChI=1S/C13H27NO2/c1-4-13(5-2,10-15)14-11-7-6-8-12(9-11)16-3/h11-12,14-15H,4-10H2,1-3H3. The minimum absolute atomic E-state index is 0.0830. The first-order valence-corrected chi connectivity index (χ1v) is 6.61. The van der Waals surface area contributed by atoms with Crippen molar-refractivity contribution in [2.45, 2.75) is 70.1 Å². The summed E-state index contributed by atoms with van der Waals surface area (Å²) in [5.74, 6) is 0. The van der Waals surface area contributed by atoms with Crippen LogP contribution < -0.4 is 5.32 Å². The lowest BCUT2D eigenvalue weighted by atomic mass is 9.87. The highest BCUT2D eigenvalue weighted by molar-refractivity contribution is 4.90. The van der Waals surface area contributed by atoms with E-state index in [1.54, 1.807) is 7.11 Å². The maximum atomic E-state index is 9.54. The topological polar surface area (TPSA) is 41.5 Å². The predicted molar refractivity (Wildman–Crippen MR) is 66.6 cm³/mol. The van der Waals surface area contributed by atoms with Crippen molar-refractivity contribution in [3.63, 3.8) is 0 Å². The fraction of sp³-hybridized carbons (Fsp3) is 1.00. The van der Waals surface area contributed by atoms with Crippen LogP contribution in [0.2, 0.25) is 0 Å². The van der Waals surface area contributed by atoms with Crippen LogP contribution in [0.25, 0.3) is 0 Å². The van der Waals surface area contributed by atoms with Gasteiger partial charge in [0.25, 0.3) is 0 Å². The van der Waals surface area contributed by atoms with Gasteiger partial charge in [-0.1, -0.05) is 13.8 Å². The van der Waals surface area contributed by atoms with Gasteiger partial charge in [-0.15, -0.1) is 0 Å². The van der Waals surface area contributed by atoms with E-state index in [1.807, 2.05) is 0 Å². The minimum Gasteiger partial charge on any atom is -0.394 e. The van der Waals surface area contributed by atoms with Crippen LogP contribution in [0.1, 0.15) is 52.4 Å². The van der Waals surface area contributed by atoms with E-state index in [9.17, 15) is 5.11 Å². The van der Waals surface area contributed by atoms with Gasteiger partial charge in [-0.3, -0.25) is 0 Å². The fourth-order valence-electron chi connectivity index (χ4n) is 2.65. The van der Waals surface area contributed by atoms with Crippen LogP contribution in [0.5, 0.6) is 0 Å². The summed E-state index contributed by atoms with van der Waals surface area (Å²) in [6.45, 7) is 4.51. The van der Waals surface area contributed by atoms with Crippen LogP contribution in [-0.4, -0.2) is 36.5 Å². The summed E-state index contributed by atoms with van der Waals surface area (Å²) in [6.07, 6.45) is 7.06.